The van der Waals surface area contributed by atoms with Gasteiger partial charge in [-0.2, -0.15) is 0 Å². The van der Waals surface area contributed by atoms with E-state index >= 15 is 0 Å². The molecule has 7 nitrogen and oxygen atoms in total. The second-order valence-electron chi connectivity index (χ2n) is 7.15. The fourth-order valence-electron chi connectivity index (χ4n) is 2.38. The van der Waals surface area contributed by atoms with Crippen LogP contribution >= 0.6 is 15.9 Å². The summed E-state index contributed by atoms with van der Waals surface area (Å²) in [6, 6.07) is 10.1. The number of nitrogens with one attached hydrogen (secondary N) is 1. The van der Waals surface area contributed by atoms with Crippen molar-refractivity contribution in [3.63, 3.8) is 0 Å². The highest BCUT2D eigenvalue weighted by Gasteiger charge is 2.22. The van der Waals surface area contributed by atoms with E-state index in [1.54, 1.807) is 57.3 Å². The van der Waals surface area contributed by atoms with Crippen molar-refractivity contribution in [3.8, 4) is 17.0 Å². The molecule has 2 aromatic heterocycles. The number of rotatable bonds is 5. The summed E-state index contributed by atoms with van der Waals surface area (Å²) >= 11 is 3.38. The summed E-state index contributed by atoms with van der Waals surface area (Å²) in [4.78, 5) is 21.4. The lowest BCUT2D eigenvalue weighted by Crippen LogP contribution is -2.27. The molecule has 29 heavy (non-hydrogen) atoms. The number of carbonyl (C=O) groups excluding carboxylic acids is 1. The molecule has 0 radical (unpaired) electrons. The molecule has 2 N–H and O–H groups in total. The van der Waals surface area contributed by atoms with Crippen LogP contribution in [0, 0.1) is 0 Å². The lowest BCUT2D eigenvalue weighted by molar-refractivity contribution is -0.149. The van der Waals surface area contributed by atoms with Gasteiger partial charge in [0, 0.05) is 11.6 Å². The van der Waals surface area contributed by atoms with E-state index in [-0.39, 0.29) is 11.4 Å². The SMILES string of the molecule is CC(C)(C)OC(=O)/C(=C/c1ccco1)Nc1ncc(-c2cccc(O)c2)nc1Br. The van der Waals surface area contributed by atoms with Gasteiger partial charge >= 0.3 is 5.97 Å². The van der Waals surface area contributed by atoms with Crippen molar-refractivity contribution in [1.29, 1.82) is 0 Å². The number of hydrogen-bond acceptors (Lipinski definition) is 7. The molecule has 0 fully saturated rings. The normalized spacial score (nSPS) is 11.9. The Morgan fingerprint density at radius 2 is 2.07 bits per heavy atom. The number of aromatic hydroxyl groups is 1. The minimum atomic E-state index is -0.664. The number of phenols is 1. The minimum absolute atomic E-state index is 0.135. The molecule has 0 aliphatic rings. The maximum absolute atomic E-state index is 12.6. The number of carbonyl (C=O) groups is 1. The molecule has 3 rings (SSSR count). The third kappa shape index (κ3) is 5.68. The Hall–Kier alpha value is -3.13. The zero-order valence-electron chi connectivity index (χ0n) is 16.1. The van der Waals surface area contributed by atoms with Crippen LogP contribution in [0.4, 0.5) is 5.82 Å². The molecule has 0 unspecified atom stereocenters. The summed E-state index contributed by atoms with van der Waals surface area (Å²) in [6.45, 7) is 5.36. The number of hydrogen-bond donors (Lipinski definition) is 2. The molecule has 3 aromatic rings. The number of anilines is 1. The number of phenolic OH excluding ortho intramolecular Hbond substituents is 1. The number of furan rings is 1. The van der Waals surface area contributed by atoms with Crippen LogP contribution in [0.2, 0.25) is 0 Å². The zero-order chi connectivity index (χ0) is 21.0. The molecule has 0 aliphatic heterocycles. The molecule has 0 amide bonds. The zero-order valence-corrected chi connectivity index (χ0v) is 17.7. The summed E-state index contributed by atoms with van der Waals surface area (Å²) in [6.07, 6.45) is 4.59. The van der Waals surface area contributed by atoms with Crippen molar-refractivity contribution >= 4 is 33.8 Å². The first kappa shape index (κ1) is 20.6. The van der Waals surface area contributed by atoms with E-state index in [0.29, 0.717) is 27.4 Å². The van der Waals surface area contributed by atoms with Gasteiger partial charge in [0.1, 0.15) is 27.4 Å². The van der Waals surface area contributed by atoms with Gasteiger partial charge in [-0.05, 0) is 61.0 Å². The standard InChI is InChI=1S/C21H20BrN3O4/c1-21(2,3)29-20(27)16(11-15-8-5-9-28-15)25-19-18(22)24-17(12-23-19)13-6-4-7-14(26)10-13/h4-12,26H,1-3H3,(H,23,25)/b16-11-. The summed E-state index contributed by atoms with van der Waals surface area (Å²) in [5, 5.41) is 12.6. The predicted molar refractivity (Wildman–Crippen MR) is 113 cm³/mol. The number of aromatic nitrogens is 2. The maximum atomic E-state index is 12.6. The lowest BCUT2D eigenvalue weighted by atomic mass is 10.1. The molecule has 0 spiro atoms. The highest BCUT2D eigenvalue weighted by molar-refractivity contribution is 9.10. The summed E-state index contributed by atoms with van der Waals surface area (Å²) < 4.78 is 11.2. The van der Waals surface area contributed by atoms with Gasteiger partial charge in [0.15, 0.2) is 5.82 Å². The maximum Gasteiger partial charge on any atom is 0.355 e. The van der Waals surface area contributed by atoms with Gasteiger partial charge < -0.3 is 19.6 Å². The Balaban J connectivity index is 1.90. The van der Waals surface area contributed by atoms with E-state index in [0.717, 1.165) is 0 Å². The fourth-order valence-corrected chi connectivity index (χ4v) is 2.77. The number of benzene rings is 1. The van der Waals surface area contributed by atoms with Crippen LogP contribution in [0.15, 0.2) is 63.6 Å². The Morgan fingerprint density at radius 3 is 2.69 bits per heavy atom. The van der Waals surface area contributed by atoms with Gasteiger partial charge in [-0.25, -0.2) is 14.8 Å². The van der Waals surface area contributed by atoms with Gasteiger partial charge in [0.05, 0.1) is 18.2 Å². The van der Waals surface area contributed by atoms with E-state index in [2.05, 4.69) is 31.2 Å². The van der Waals surface area contributed by atoms with Crippen LogP contribution in [0.1, 0.15) is 26.5 Å². The average molecular weight is 458 g/mol. The van der Waals surface area contributed by atoms with Crippen molar-refractivity contribution in [1.82, 2.24) is 9.97 Å². The number of nitrogens with zero attached hydrogens (tertiary/aromatic N) is 2. The van der Waals surface area contributed by atoms with Crippen LogP contribution in [0.5, 0.6) is 5.75 Å². The van der Waals surface area contributed by atoms with Crippen molar-refractivity contribution in [2.45, 2.75) is 26.4 Å². The number of esters is 1. The van der Waals surface area contributed by atoms with E-state index in [9.17, 15) is 9.90 Å². The molecule has 150 valence electrons. The van der Waals surface area contributed by atoms with Crippen LogP contribution in [-0.4, -0.2) is 26.6 Å². The molecular weight excluding hydrogens is 438 g/mol. The Morgan fingerprint density at radius 1 is 1.28 bits per heavy atom. The summed E-state index contributed by atoms with van der Waals surface area (Å²) in [5.74, 6) is 0.396. The van der Waals surface area contributed by atoms with Crippen molar-refractivity contribution in [3.05, 3.63) is 64.9 Å². The van der Waals surface area contributed by atoms with E-state index in [1.807, 2.05) is 6.07 Å². The van der Waals surface area contributed by atoms with Gasteiger partial charge in [-0.3, -0.25) is 0 Å². The smallest absolute Gasteiger partial charge is 0.355 e. The molecule has 0 atom stereocenters. The van der Waals surface area contributed by atoms with Crippen LogP contribution in [-0.2, 0) is 9.53 Å². The number of ether oxygens (including phenoxy) is 1. The molecule has 0 aliphatic carbocycles. The fraction of sp³-hybridized carbons (Fsp3) is 0.190. The number of halogens is 1. The molecule has 0 bridgehead atoms. The molecule has 2 heterocycles. The van der Waals surface area contributed by atoms with E-state index in [1.165, 1.54) is 12.3 Å². The molecule has 0 saturated carbocycles. The molecule has 1 aromatic carbocycles. The highest BCUT2D eigenvalue weighted by Crippen LogP contribution is 2.27. The molecule has 0 saturated heterocycles. The second-order valence-corrected chi connectivity index (χ2v) is 7.90. The first-order valence-electron chi connectivity index (χ1n) is 8.79. The van der Waals surface area contributed by atoms with Gasteiger partial charge in [0.25, 0.3) is 0 Å². The summed E-state index contributed by atoms with van der Waals surface area (Å²) in [5.41, 5.74) is 0.758. The largest absolute Gasteiger partial charge is 0.508 e. The van der Waals surface area contributed by atoms with Crippen LogP contribution in [0.3, 0.4) is 0 Å². The first-order valence-corrected chi connectivity index (χ1v) is 9.58. The van der Waals surface area contributed by atoms with Gasteiger partial charge in [0.2, 0.25) is 0 Å². The van der Waals surface area contributed by atoms with Crippen molar-refractivity contribution in [2.24, 2.45) is 0 Å². The highest BCUT2D eigenvalue weighted by atomic mass is 79.9. The van der Waals surface area contributed by atoms with Gasteiger partial charge in [-0.15, -0.1) is 0 Å². The Labute approximate surface area is 176 Å². The minimum Gasteiger partial charge on any atom is -0.508 e. The third-order valence-corrected chi connectivity index (χ3v) is 4.13. The van der Waals surface area contributed by atoms with Crippen LogP contribution < -0.4 is 5.32 Å². The monoisotopic (exact) mass is 457 g/mol. The third-order valence-electron chi connectivity index (χ3n) is 3.57. The van der Waals surface area contributed by atoms with Crippen molar-refractivity contribution in [2.75, 3.05) is 5.32 Å². The first-order chi connectivity index (χ1) is 13.7. The second kappa shape index (κ2) is 8.48. The quantitative estimate of drug-likeness (QED) is 0.410. The molecular formula is C21H20BrN3O4. The average Bonchev–Trinajstić information content (AvgIpc) is 3.14. The Bertz CT molecular complexity index is 1040. The summed E-state index contributed by atoms with van der Waals surface area (Å²) in [7, 11) is 0. The lowest BCUT2D eigenvalue weighted by Gasteiger charge is -2.21. The van der Waals surface area contributed by atoms with E-state index < -0.39 is 11.6 Å². The predicted octanol–water partition coefficient (Wildman–Crippen LogP) is 5.00. The van der Waals surface area contributed by atoms with Crippen LogP contribution in [0.25, 0.3) is 17.3 Å². The topological polar surface area (TPSA) is 97.5 Å². The van der Waals surface area contributed by atoms with Gasteiger partial charge in [-0.1, -0.05) is 12.1 Å². The Kier molecular flexibility index (Phi) is 6.03. The van der Waals surface area contributed by atoms with E-state index in [4.69, 9.17) is 9.15 Å². The molecule has 8 heteroatoms. The van der Waals surface area contributed by atoms with Crippen molar-refractivity contribution < 1.29 is 19.1 Å².